The fourth-order valence-electron chi connectivity index (χ4n) is 2.75. The van der Waals surface area contributed by atoms with E-state index < -0.39 is 11.7 Å². The summed E-state index contributed by atoms with van der Waals surface area (Å²) in [4.78, 5) is 16.6. The minimum Gasteiger partial charge on any atom is -0.467 e. The Labute approximate surface area is 163 Å². The Balaban J connectivity index is 1.85. The first kappa shape index (κ1) is 18.6. The van der Waals surface area contributed by atoms with Crippen molar-refractivity contribution in [1.82, 2.24) is 19.9 Å². The van der Waals surface area contributed by atoms with Crippen LogP contribution in [0.25, 0.3) is 22.4 Å². The molecule has 3 aromatic heterocycles. The van der Waals surface area contributed by atoms with Gasteiger partial charge in [-0.25, -0.2) is 4.98 Å². The number of pyridine rings is 2. The van der Waals surface area contributed by atoms with Crippen LogP contribution in [0.1, 0.15) is 5.56 Å². The van der Waals surface area contributed by atoms with Crippen LogP contribution < -0.4 is 10.1 Å². The highest BCUT2D eigenvalue weighted by atomic mass is 19.4. The van der Waals surface area contributed by atoms with Gasteiger partial charge >= 0.3 is 12.2 Å². The number of anilines is 2. The van der Waals surface area contributed by atoms with Gasteiger partial charge in [-0.3, -0.25) is 4.98 Å². The second kappa shape index (κ2) is 7.34. The molecule has 0 spiro atoms. The van der Waals surface area contributed by atoms with Crippen LogP contribution in [-0.2, 0) is 6.18 Å². The second-order valence-corrected chi connectivity index (χ2v) is 5.93. The normalized spacial score (nSPS) is 11.4. The van der Waals surface area contributed by atoms with E-state index in [0.29, 0.717) is 16.9 Å². The SMILES string of the molecule is COc1nc(Nc2[c]cccc2)c2ccc(-c3ncccc3C(F)(F)F)nc2n1. The summed E-state index contributed by atoms with van der Waals surface area (Å²) in [7, 11) is 1.39. The van der Waals surface area contributed by atoms with Crippen LogP contribution in [0.2, 0.25) is 0 Å². The molecule has 3 heterocycles. The third-order valence-corrected chi connectivity index (χ3v) is 4.04. The van der Waals surface area contributed by atoms with E-state index >= 15 is 0 Å². The van der Waals surface area contributed by atoms with Gasteiger partial charge in [0.2, 0.25) is 0 Å². The number of halogens is 3. The minimum atomic E-state index is -4.56. The number of hydrogen-bond acceptors (Lipinski definition) is 6. The number of alkyl halides is 3. The number of hydrogen-bond donors (Lipinski definition) is 1. The molecule has 1 aromatic carbocycles. The summed E-state index contributed by atoms with van der Waals surface area (Å²) >= 11 is 0. The maximum Gasteiger partial charge on any atom is 0.418 e. The number of aromatic nitrogens is 4. The van der Waals surface area contributed by atoms with Crippen LogP contribution in [0.5, 0.6) is 6.01 Å². The smallest absolute Gasteiger partial charge is 0.418 e. The van der Waals surface area contributed by atoms with Crippen LogP contribution >= 0.6 is 0 Å². The highest BCUT2D eigenvalue weighted by Gasteiger charge is 2.34. The van der Waals surface area contributed by atoms with E-state index in [1.807, 2.05) is 12.1 Å². The fraction of sp³-hybridized carbons (Fsp3) is 0.100. The molecule has 4 rings (SSSR count). The molecule has 9 heteroatoms. The van der Waals surface area contributed by atoms with E-state index in [1.54, 1.807) is 18.2 Å². The van der Waals surface area contributed by atoms with E-state index in [0.717, 1.165) is 6.07 Å². The molecule has 0 saturated heterocycles. The Kier molecular flexibility index (Phi) is 4.71. The van der Waals surface area contributed by atoms with Crippen molar-refractivity contribution in [2.45, 2.75) is 6.18 Å². The van der Waals surface area contributed by atoms with Gasteiger partial charge in [-0.05, 0) is 30.3 Å². The van der Waals surface area contributed by atoms with E-state index in [9.17, 15) is 13.2 Å². The lowest BCUT2D eigenvalue weighted by Crippen LogP contribution is -2.09. The van der Waals surface area contributed by atoms with Crippen molar-refractivity contribution >= 4 is 22.5 Å². The number of nitrogens with zero attached hydrogens (tertiary/aromatic N) is 4. The monoisotopic (exact) mass is 396 g/mol. The third kappa shape index (κ3) is 3.79. The number of fused-ring (bicyclic) bond motifs is 1. The standard InChI is InChI=1S/C20H13F3N5O/c1-29-19-27-17(25-12-6-3-2-4-7-12)13-9-10-15(26-18(13)28-19)16-14(20(21,22)23)8-5-11-24-16/h2-6,8-11H,1H3,(H,25,26,27,28). The number of nitrogens with one attached hydrogen (secondary N) is 1. The van der Waals surface area contributed by atoms with Gasteiger partial charge in [-0.1, -0.05) is 18.2 Å². The summed E-state index contributed by atoms with van der Waals surface area (Å²) in [5.74, 6) is 0.394. The highest BCUT2D eigenvalue weighted by Crippen LogP contribution is 2.36. The van der Waals surface area contributed by atoms with E-state index in [-0.39, 0.29) is 23.0 Å². The molecule has 0 atom stereocenters. The average Bonchev–Trinajstić information content (AvgIpc) is 2.73. The highest BCUT2D eigenvalue weighted by molar-refractivity contribution is 5.90. The summed E-state index contributed by atoms with van der Waals surface area (Å²) < 4.78 is 45.2. The molecule has 0 aliphatic carbocycles. The maximum atomic E-state index is 13.3. The van der Waals surface area contributed by atoms with Gasteiger partial charge in [0.1, 0.15) is 11.5 Å². The van der Waals surface area contributed by atoms with Crippen LogP contribution in [0.15, 0.2) is 54.7 Å². The Bertz CT molecular complexity index is 1170. The van der Waals surface area contributed by atoms with Crippen molar-refractivity contribution in [2.24, 2.45) is 0 Å². The lowest BCUT2D eigenvalue weighted by atomic mass is 10.1. The van der Waals surface area contributed by atoms with Crippen molar-refractivity contribution in [2.75, 3.05) is 12.4 Å². The molecule has 0 fully saturated rings. The predicted molar refractivity (Wildman–Crippen MR) is 101 cm³/mol. The summed E-state index contributed by atoms with van der Waals surface area (Å²) in [6.07, 6.45) is -3.27. The largest absolute Gasteiger partial charge is 0.467 e. The first-order valence-corrected chi connectivity index (χ1v) is 8.45. The topological polar surface area (TPSA) is 72.8 Å². The lowest BCUT2D eigenvalue weighted by Gasteiger charge is -2.13. The molecular weight excluding hydrogens is 383 g/mol. The van der Waals surface area contributed by atoms with Gasteiger partial charge in [-0.15, -0.1) is 0 Å². The zero-order valence-corrected chi connectivity index (χ0v) is 15.0. The van der Waals surface area contributed by atoms with Gasteiger partial charge in [0.25, 0.3) is 0 Å². The number of para-hydroxylation sites is 1. The van der Waals surface area contributed by atoms with Gasteiger partial charge < -0.3 is 10.1 Å². The molecule has 0 aliphatic rings. The minimum absolute atomic E-state index is 0.0256. The molecule has 1 radical (unpaired) electrons. The molecule has 6 nitrogen and oxygen atoms in total. The second-order valence-electron chi connectivity index (χ2n) is 5.93. The zero-order chi connectivity index (χ0) is 20.4. The molecule has 0 bridgehead atoms. The quantitative estimate of drug-likeness (QED) is 0.541. The van der Waals surface area contributed by atoms with Gasteiger partial charge in [0, 0.05) is 18.0 Å². The molecule has 29 heavy (non-hydrogen) atoms. The number of methoxy groups -OCH3 is 1. The van der Waals surface area contributed by atoms with Gasteiger partial charge in [0.15, 0.2) is 5.65 Å². The van der Waals surface area contributed by atoms with Crippen molar-refractivity contribution in [3.05, 3.63) is 66.4 Å². The molecule has 0 unspecified atom stereocenters. The van der Waals surface area contributed by atoms with Crippen molar-refractivity contribution in [1.29, 1.82) is 0 Å². The molecule has 1 N–H and O–H groups in total. The summed E-state index contributed by atoms with van der Waals surface area (Å²) in [5.41, 5.74) is -0.270. The van der Waals surface area contributed by atoms with Gasteiger partial charge in [-0.2, -0.15) is 23.1 Å². The van der Waals surface area contributed by atoms with Gasteiger partial charge in [0.05, 0.1) is 23.8 Å². The van der Waals surface area contributed by atoms with Crippen molar-refractivity contribution < 1.29 is 17.9 Å². The fourth-order valence-corrected chi connectivity index (χ4v) is 2.75. The van der Waals surface area contributed by atoms with Crippen LogP contribution in [0, 0.1) is 6.07 Å². The first-order valence-electron chi connectivity index (χ1n) is 8.45. The van der Waals surface area contributed by atoms with Crippen LogP contribution in [0.3, 0.4) is 0 Å². The Morgan fingerprint density at radius 2 is 1.86 bits per heavy atom. The molecular formula is C20H13F3N5O. The predicted octanol–water partition coefficient (Wildman–Crippen LogP) is 4.66. The van der Waals surface area contributed by atoms with Crippen LogP contribution in [-0.4, -0.2) is 27.0 Å². The summed E-state index contributed by atoms with van der Waals surface area (Å²) in [6.45, 7) is 0. The molecule has 0 amide bonds. The first-order chi connectivity index (χ1) is 14.0. The maximum absolute atomic E-state index is 13.3. The van der Waals surface area contributed by atoms with E-state index in [2.05, 4.69) is 31.3 Å². The molecule has 145 valence electrons. The summed E-state index contributed by atoms with van der Waals surface area (Å²) in [5, 5.41) is 3.60. The molecule has 0 saturated carbocycles. The van der Waals surface area contributed by atoms with E-state index in [1.165, 1.54) is 25.4 Å². The van der Waals surface area contributed by atoms with Crippen molar-refractivity contribution in [3.8, 4) is 17.4 Å². The number of rotatable bonds is 4. The zero-order valence-electron chi connectivity index (χ0n) is 15.0. The van der Waals surface area contributed by atoms with E-state index in [4.69, 9.17) is 4.74 Å². The Hall–Kier alpha value is -3.75. The summed E-state index contributed by atoms with van der Waals surface area (Å²) in [6, 6.07) is 15.5. The third-order valence-electron chi connectivity index (χ3n) is 4.04. The van der Waals surface area contributed by atoms with Crippen LogP contribution in [0.4, 0.5) is 24.7 Å². The lowest BCUT2D eigenvalue weighted by molar-refractivity contribution is -0.137. The Morgan fingerprint density at radius 3 is 2.59 bits per heavy atom. The Morgan fingerprint density at radius 1 is 1.00 bits per heavy atom. The average molecular weight is 396 g/mol. The van der Waals surface area contributed by atoms with Crippen molar-refractivity contribution in [3.63, 3.8) is 0 Å². The number of benzene rings is 1. The molecule has 4 aromatic rings. The number of ether oxygens (including phenoxy) is 1. The molecule has 0 aliphatic heterocycles.